The van der Waals surface area contributed by atoms with Gasteiger partial charge in [-0.05, 0) is 23.6 Å². The monoisotopic (exact) mass is 252 g/mol. The molecule has 0 saturated heterocycles. The average molecular weight is 253 g/mol. The number of thiophene rings is 1. The Balaban J connectivity index is 2.57. The highest BCUT2D eigenvalue weighted by Gasteiger charge is 2.14. The summed E-state index contributed by atoms with van der Waals surface area (Å²) in [5.74, 6) is -0.370. The molecule has 0 spiro atoms. The fourth-order valence-electron chi connectivity index (χ4n) is 1.44. The number of ether oxygens (including phenoxy) is 1. The summed E-state index contributed by atoms with van der Waals surface area (Å²) in [4.78, 5) is 12.6. The molecule has 0 bridgehead atoms. The van der Waals surface area contributed by atoms with Gasteiger partial charge in [0.2, 0.25) is 0 Å². The Hall–Kier alpha value is -1.32. The molecule has 0 radical (unpaired) electrons. The van der Waals surface area contributed by atoms with Crippen LogP contribution < -0.4 is 0 Å². The lowest BCUT2D eigenvalue weighted by molar-refractivity contribution is 0.0601. The first-order valence-corrected chi connectivity index (χ1v) is 5.90. The van der Waals surface area contributed by atoms with E-state index in [9.17, 15) is 4.79 Å². The number of halogens is 1. The van der Waals surface area contributed by atoms with Crippen molar-refractivity contribution in [1.82, 2.24) is 0 Å². The fraction of sp³-hybridized carbons (Fsp3) is 0.0833. The Morgan fingerprint density at radius 1 is 1.38 bits per heavy atom. The van der Waals surface area contributed by atoms with E-state index in [1.807, 2.05) is 23.6 Å². The van der Waals surface area contributed by atoms with E-state index in [0.29, 0.717) is 10.6 Å². The minimum atomic E-state index is -0.370. The zero-order chi connectivity index (χ0) is 11.5. The van der Waals surface area contributed by atoms with E-state index in [1.165, 1.54) is 7.11 Å². The normalized spacial score (nSPS) is 10.1. The standard InChI is InChI=1S/C12H9ClO2S/c1-15-12(14)10-7-8(13)4-5-9(10)11-3-2-6-16-11/h2-7H,1H3. The molecule has 0 aliphatic carbocycles. The molecule has 0 aliphatic heterocycles. The number of hydrogen-bond acceptors (Lipinski definition) is 3. The van der Waals surface area contributed by atoms with Crippen molar-refractivity contribution in [2.45, 2.75) is 0 Å². The summed E-state index contributed by atoms with van der Waals surface area (Å²) in [6.07, 6.45) is 0. The Labute approximate surface area is 102 Å². The smallest absolute Gasteiger partial charge is 0.338 e. The lowest BCUT2D eigenvalue weighted by Gasteiger charge is -2.06. The Morgan fingerprint density at radius 2 is 2.19 bits per heavy atom. The quantitative estimate of drug-likeness (QED) is 0.759. The number of methoxy groups -OCH3 is 1. The lowest BCUT2D eigenvalue weighted by atomic mass is 10.1. The molecule has 0 fully saturated rings. The van der Waals surface area contributed by atoms with Gasteiger partial charge < -0.3 is 4.74 Å². The zero-order valence-electron chi connectivity index (χ0n) is 8.57. The molecule has 0 aliphatic rings. The number of carbonyl (C=O) groups is 1. The van der Waals surface area contributed by atoms with Gasteiger partial charge in [-0.2, -0.15) is 0 Å². The first kappa shape index (κ1) is 11.2. The molecule has 1 heterocycles. The van der Waals surface area contributed by atoms with Gasteiger partial charge in [-0.3, -0.25) is 0 Å². The third kappa shape index (κ3) is 2.10. The van der Waals surface area contributed by atoms with Crippen molar-refractivity contribution in [3.8, 4) is 10.4 Å². The minimum absolute atomic E-state index is 0.370. The van der Waals surface area contributed by atoms with Gasteiger partial charge in [0.15, 0.2) is 0 Å². The molecule has 2 nitrogen and oxygen atoms in total. The number of carbonyl (C=O) groups excluding carboxylic acids is 1. The molecule has 1 aromatic heterocycles. The summed E-state index contributed by atoms with van der Waals surface area (Å²) >= 11 is 7.45. The molecule has 1 aromatic carbocycles. The van der Waals surface area contributed by atoms with Crippen molar-refractivity contribution in [2.75, 3.05) is 7.11 Å². The van der Waals surface area contributed by atoms with Gasteiger partial charge in [-0.1, -0.05) is 23.7 Å². The van der Waals surface area contributed by atoms with E-state index in [-0.39, 0.29) is 5.97 Å². The number of benzene rings is 1. The highest BCUT2D eigenvalue weighted by molar-refractivity contribution is 7.13. The minimum Gasteiger partial charge on any atom is -0.465 e. The first-order valence-electron chi connectivity index (χ1n) is 4.64. The molecule has 16 heavy (non-hydrogen) atoms. The van der Waals surface area contributed by atoms with E-state index in [0.717, 1.165) is 10.4 Å². The van der Waals surface area contributed by atoms with E-state index in [1.54, 1.807) is 23.5 Å². The lowest BCUT2D eigenvalue weighted by Crippen LogP contribution is -2.03. The summed E-state index contributed by atoms with van der Waals surface area (Å²) in [5, 5.41) is 2.49. The molecular weight excluding hydrogens is 244 g/mol. The largest absolute Gasteiger partial charge is 0.465 e. The van der Waals surface area contributed by atoms with Crippen LogP contribution in [-0.4, -0.2) is 13.1 Å². The zero-order valence-corrected chi connectivity index (χ0v) is 10.1. The van der Waals surface area contributed by atoms with Crippen LogP contribution in [0.3, 0.4) is 0 Å². The summed E-state index contributed by atoms with van der Waals surface area (Å²) in [6.45, 7) is 0. The molecular formula is C12H9ClO2S. The Morgan fingerprint density at radius 3 is 2.81 bits per heavy atom. The topological polar surface area (TPSA) is 26.3 Å². The molecule has 2 aromatic rings. The third-order valence-electron chi connectivity index (χ3n) is 2.17. The fourth-order valence-corrected chi connectivity index (χ4v) is 2.38. The van der Waals surface area contributed by atoms with E-state index in [2.05, 4.69) is 0 Å². The second kappa shape index (κ2) is 4.68. The summed E-state index contributed by atoms with van der Waals surface area (Å²) < 4.78 is 4.74. The molecule has 0 unspecified atom stereocenters. The van der Waals surface area contributed by atoms with Crippen molar-refractivity contribution in [3.63, 3.8) is 0 Å². The molecule has 0 N–H and O–H groups in total. The maximum atomic E-state index is 11.6. The van der Waals surface area contributed by atoms with E-state index in [4.69, 9.17) is 16.3 Å². The van der Waals surface area contributed by atoms with Gasteiger partial charge >= 0.3 is 5.97 Å². The maximum absolute atomic E-state index is 11.6. The van der Waals surface area contributed by atoms with Crippen LogP contribution in [0.25, 0.3) is 10.4 Å². The van der Waals surface area contributed by atoms with Crippen molar-refractivity contribution in [2.24, 2.45) is 0 Å². The van der Waals surface area contributed by atoms with Gasteiger partial charge in [0, 0.05) is 15.5 Å². The van der Waals surface area contributed by atoms with Crippen LogP contribution in [0.4, 0.5) is 0 Å². The van der Waals surface area contributed by atoms with Gasteiger partial charge in [0.05, 0.1) is 12.7 Å². The highest BCUT2D eigenvalue weighted by Crippen LogP contribution is 2.30. The van der Waals surface area contributed by atoms with Gasteiger partial charge in [-0.15, -0.1) is 11.3 Å². The SMILES string of the molecule is COC(=O)c1cc(Cl)ccc1-c1cccs1. The average Bonchev–Trinajstić information content (AvgIpc) is 2.81. The van der Waals surface area contributed by atoms with Crippen LogP contribution in [0, 0.1) is 0 Å². The van der Waals surface area contributed by atoms with Crippen LogP contribution in [-0.2, 0) is 4.74 Å². The van der Waals surface area contributed by atoms with E-state index < -0.39 is 0 Å². The first-order chi connectivity index (χ1) is 7.72. The van der Waals surface area contributed by atoms with Crippen LogP contribution >= 0.6 is 22.9 Å². The summed E-state index contributed by atoms with van der Waals surface area (Å²) in [5.41, 5.74) is 1.35. The molecule has 4 heteroatoms. The van der Waals surface area contributed by atoms with Crippen LogP contribution in [0.1, 0.15) is 10.4 Å². The maximum Gasteiger partial charge on any atom is 0.338 e. The van der Waals surface area contributed by atoms with Gasteiger partial charge in [-0.25, -0.2) is 4.79 Å². The predicted molar refractivity (Wildman–Crippen MR) is 66.1 cm³/mol. The molecule has 0 amide bonds. The number of esters is 1. The second-order valence-electron chi connectivity index (χ2n) is 3.16. The highest BCUT2D eigenvalue weighted by atomic mass is 35.5. The molecule has 82 valence electrons. The Bertz CT molecular complexity index is 506. The molecule has 0 atom stereocenters. The van der Waals surface area contributed by atoms with Crippen molar-refractivity contribution in [1.29, 1.82) is 0 Å². The summed E-state index contributed by atoms with van der Waals surface area (Å²) in [6, 6.07) is 9.13. The Kier molecular flexibility index (Phi) is 3.27. The van der Waals surface area contributed by atoms with Crippen LogP contribution in [0.15, 0.2) is 35.7 Å². The second-order valence-corrected chi connectivity index (χ2v) is 4.54. The van der Waals surface area contributed by atoms with Crippen molar-refractivity contribution in [3.05, 3.63) is 46.3 Å². The number of hydrogen-bond donors (Lipinski definition) is 0. The van der Waals surface area contributed by atoms with Gasteiger partial charge in [0.25, 0.3) is 0 Å². The van der Waals surface area contributed by atoms with E-state index >= 15 is 0 Å². The molecule has 0 saturated carbocycles. The molecule has 2 rings (SSSR count). The number of rotatable bonds is 2. The third-order valence-corrected chi connectivity index (χ3v) is 3.31. The van der Waals surface area contributed by atoms with Crippen LogP contribution in [0.5, 0.6) is 0 Å². The van der Waals surface area contributed by atoms with Crippen LogP contribution in [0.2, 0.25) is 5.02 Å². The van der Waals surface area contributed by atoms with Crippen molar-refractivity contribution >= 4 is 28.9 Å². The van der Waals surface area contributed by atoms with Gasteiger partial charge in [0.1, 0.15) is 0 Å². The van der Waals surface area contributed by atoms with Crippen molar-refractivity contribution < 1.29 is 9.53 Å². The summed E-state index contributed by atoms with van der Waals surface area (Å²) in [7, 11) is 1.36. The predicted octanol–water partition coefficient (Wildman–Crippen LogP) is 3.86.